The highest BCUT2D eigenvalue weighted by molar-refractivity contribution is 5.81. The van der Waals surface area contributed by atoms with Gasteiger partial charge in [-0.15, -0.1) is 0 Å². The van der Waals surface area contributed by atoms with Crippen LogP contribution < -0.4 is 5.73 Å². The summed E-state index contributed by atoms with van der Waals surface area (Å²) in [6.45, 7) is 5.64. The lowest BCUT2D eigenvalue weighted by Gasteiger charge is -2.35. The number of fused-ring (bicyclic) bond motifs is 2. The number of rotatable bonds is 4. The Hall–Kier alpha value is -3.11. The van der Waals surface area contributed by atoms with Gasteiger partial charge in [-0.2, -0.15) is 0 Å². The summed E-state index contributed by atoms with van der Waals surface area (Å²) in [5, 5.41) is 0. The number of nitrogen functional groups attached to an aromatic ring is 1. The number of nitrogens with zero attached hydrogens (tertiary/aromatic N) is 3. The molecule has 2 heterocycles. The zero-order chi connectivity index (χ0) is 22.4. The van der Waals surface area contributed by atoms with Crippen molar-refractivity contribution in [1.29, 1.82) is 0 Å². The number of aryl methyl sites for hydroxylation is 1. The first-order valence-corrected chi connectivity index (χ1v) is 12.3. The normalized spacial score (nSPS) is 19.2. The summed E-state index contributed by atoms with van der Waals surface area (Å²) >= 11 is 0. The van der Waals surface area contributed by atoms with Crippen molar-refractivity contribution in [1.82, 2.24) is 14.5 Å². The number of aromatic nitrogens is 2. The van der Waals surface area contributed by atoms with Crippen LogP contribution >= 0.6 is 0 Å². The number of hydrogen-bond donors (Lipinski definition) is 1. The lowest BCUT2D eigenvalue weighted by Crippen LogP contribution is -2.38. The third-order valence-corrected chi connectivity index (χ3v) is 7.56. The van der Waals surface area contributed by atoms with Crippen molar-refractivity contribution in [3.8, 4) is 11.4 Å². The van der Waals surface area contributed by atoms with Gasteiger partial charge in [0.2, 0.25) is 0 Å². The molecule has 4 nitrogen and oxygen atoms in total. The van der Waals surface area contributed by atoms with Crippen molar-refractivity contribution in [3.63, 3.8) is 0 Å². The number of likely N-dealkylation sites (tertiary alicyclic amines) is 1. The van der Waals surface area contributed by atoms with E-state index in [0.717, 1.165) is 36.0 Å². The molecule has 1 aliphatic carbocycles. The molecule has 1 aliphatic heterocycles. The highest BCUT2D eigenvalue weighted by Crippen LogP contribution is 2.35. The van der Waals surface area contributed by atoms with Gasteiger partial charge in [0.25, 0.3) is 0 Å². The summed E-state index contributed by atoms with van der Waals surface area (Å²) < 4.78 is 2.52. The summed E-state index contributed by atoms with van der Waals surface area (Å²) in [6, 6.07) is 24.3. The molecule has 1 saturated heterocycles. The van der Waals surface area contributed by atoms with E-state index in [1.165, 1.54) is 60.0 Å². The first-order valence-electron chi connectivity index (χ1n) is 12.3. The van der Waals surface area contributed by atoms with Crippen molar-refractivity contribution in [2.45, 2.75) is 38.6 Å². The predicted octanol–water partition coefficient (Wildman–Crippen LogP) is 5.65. The van der Waals surface area contributed by atoms with E-state index >= 15 is 0 Å². The van der Waals surface area contributed by atoms with E-state index < -0.39 is 0 Å². The van der Waals surface area contributed by atoms with Crippen LogP contribution in [-0.2, 0) is 12.8 Å². The van der Waals surface area contributed by atoms with Crippen molar-refractivity contribution < 1.29 is 0 Å². The summed E-state index contributed by atoms with van der Waals surface area (Å²) in [7, 11) is 0. The first kappa shape index (κ1) is 20.5. The molecule has 1 fully saturated rings. The minimum Gasteiger partial charge on any atom is -0.399 e. The topological polar surface area (TPSA) is 47.1 Å². The molecule has 2 N–H and O–H groups in total. The van der Waals surface area contributed by atoms with E-state index in [2.05, 4.69) is 77.1 Å². The molecule has 1 unspecified atom stereocenters. The molecule has 2 aliphatic rings. The van der Waals surface area contributed by atoms with Gasteiger partial charge in [-0.3, -0.25) is 0 Å². The maximum Gasteiger partial charge on any atom is 0.141 e. The second-order valence-corrected chi connectivity index (χ2v) is 10.00. The monoisotopic (exact) mass is 436 g/mol. The van der Waals surface area contributed by atoms with Crippen molar-refractivity contribution in [2.24, 2.45) is 5.92 Å². The van der Waals surface area contributed by atoms with Crippen molar-refractivity contribution in [3.05, 3.63) is 83.4 Å². The van der Waals surface area contributed by atoms with Crippen LogP contribution in [0.25, 0.3) is 22.4 Å². The summed E-state index contributed by atoms with van der Waals surface area (Å²) in [5.41, 5.74) is 14.7. The highest BCUT2D eigenvalue weighted by Gasteiger charge is 2.28. The Bertz CT molecular complexity index is 1280. The van der Waals surface area contributed by atoms with Crippen LogP contribution in [0.5, 0.6) is 0 Å². The van der Waals surface area contributed by atoms with Crippen LogP contribution in [-0.4, -0.2) is 34.1 Å². The van der Waals surface area contributed by atoms with E-state index in [4.69, 9.17) is 10.7 Å². The fourth-order valence-corrected chi connectivity index (χ4v) is 5.95. The lowest BCUT2D eigenvalue weighted by atomic mass is 10.00. The smallest absolute Gasteiger partial charge is 0.141 e. The van der Waals surface area contributed by atoms with Gasteiger partial charge < -0.3 is 15.2 Å². The van der Waals surface area contributed by atoms with Crippen LogP contribution in [0.4, 0.5) is 5.69 Å². The summed E-state index contributed by atoms with van der Waals surface area (Å²) in [6.07, 6.45) is 4.71. The highest BCUT2D eigenvalue weighted by atomic mass is 15.2. The van der Waals surface area contributed by atoms with Gasteiger partial charge >= 0.3 is 0 Å². The van der Waals surface area contributed by atoms with Gasteiger partial charge in [0.1, 0.15) is 5.82 Å². The molecule has 33 heavy (non-hydrogen) atoms. The Labute approximate surface area is 196 Å². The molecule has 1 aromatic heterocycles. The van der Waals surface area contributed by atoms with Crippen molar-refractivity contribution >= 4 is 16.7 Å². The van der Waals surface area contributed by atoms with E-state index in [-0.39, 0.29) is 0 Å². The molecular formula is C29H32N4. The van der Waals surface area contributed by atoms with Crippen LogP contribution in [0.15, 0.2) is 66.7 Å². The van der Waals surface area contributed by atoms with E-state index in [9.17, 15) is 0 Å². The molecule has 4 heteroatoms. The minimum absolute atomic E-state index is 0.490. The van der Waals surface area contributed by atoms with Crippen LogP contribution in [0.2, 0.25) is 0 Å². The molecule has 3 aromatic carbocycles. The van der Waals surface area contributed by atoms with Gasteiger partial charge in [-0.1, -0.05) is 42.5 Å². The Morgan fingerprint density at radius 3 is 2.52 bits per heavy atom. The second-order valence-electron chi connectivity index (χ2n) is 10.00. The zero-order valence-corrected chi connectivity index (χ0v) is 19.4. The summed E-state index contributed by atoms with van der Waals surface area (Å²) in [5.74, 6) is 1.83. The van der Waals surface area contributed by atoms with E-state index in [1.807, 2.05) is 6.07 Å². The number of anilines is 1. The fraction of sp³-hybridized carbons (Fsp3) is 0.345. The number of nitrogens with two attached hydrogens (primary N) is 1. The second kappa shape index (κ2) is 8.35. The molecule has 168 valence electrons. The van der Waals surface area contributed by atoms with Crippen LogP contribution in [0.3, 0.4) is 0 Å². The van der Waals surface area contributed by atoms with Gasteiger partial charge in [-0.05, 0) is 79.5 Å². The number of hydrogen-bond acceptors (Lipinski definition) is 3. The number of piperidine rings is 1. The Morgan fingerprint density at radius 2 is 1.70 bits per heavy atom. The third kappa shape index (κ3) is 3.93. The van der Waals surface area contributed by atoms with Gasteiger partial charge in [0.15, 0.2) is 0 Å². The maximum atomic E-state index is 6.01. The largest absolute Gasteiger partial charge is 0.399 e. The fourth-order valence-electron chi connectivity index (χ4n) is 5.95. The average Bonchev–Trinajstić information content (AvgIpc) is 3.40. The third-order valence-electron chi connectivity index (χ3n) is 7.56. The summed E-state index contributed by atoms with van der Waals surface area (Å²) in [4.78, 5) is 7.77. The maximum absolute atomic E-state index is 6.01. The molecule has 0 radical (unpaired) electrons. The molecule has 4 aromatic rings. The molecule has 0 spiro atoms. The minimum atomic E-state index is 0.490. The molecule has 0 bridgehead atoms. The Morgan fingerprint density at radius 1 is 0.909 bits per heavy atom. The molecule has 6 rings (SSSR count). The van der Waals surface area contributed by atoms with Gasteiger partial charge in [0, 0.05) is 36.9 Å². The van der Waals surface area contributed by atoms with Gasteiger partial charge in [-0.25, -0.2) is 4.98 Å². The van der Waals surface area contributed by atoms with Crippen molar-refractivity contribution in [2.75, 3.05) is 25.4 Å². The average molecular weight is 437 g/mol. The molecular weight excluding hydrogens is 404 g/mol. The Kier molecular flexibility index (Phi) is 5.18. The SMILES string of the molecule is Cc1ccc2c(c1)nc(-c1ccccc1)n2C1CCN(CC2Cc3ccc(N)cc3C2)CC1. The quantitative estimate of drug-likeness (QED) is 0.421. The van der Waals surface area contributed by atoms with Gasteiger partial charge in [0.05, 0.1) is 11.0 Å². The number of benzene rings is 3. The molecule has 0 saturated carbocycles. The lowest BCUT2D eigenvalue weighted by molar-refractivity contribution is 0.166. The standard InChI is InChI=1S/C29H32N4/c1-20-7-10-28-27(15-20)31-29(22-5-3-2-4-6-22)33(28)26-11-13-32(14-12-26)19-21-16-23-8-9-25(30)18-24(23)17-21/h2-10,15,18,21,26H,11-14,16-17,19,30H2,1H3. The Balaban J connectivity index is 1.20. The first-order chi connectivity index (χ1) is 16.1. The number of imidazole rings is 1. The van der Waals surface area contributed by atoms with Crippen LogP contribution in [0.1, 0.15) is 35.6 Å². The van der Waals surface area contributed by atoms with Crippen LogP contribution in [0, 0.1) is 12.8 Å². The molecule has 0 amide bonds. The predicted molar refractivity (Wildman–Crippen MR) is 136 cm³/mol. The van der Waals surface area contributed by atoms with E-state index in [1.54, 1.807) is 0 Å². The zero-order valence-electron chi connectivity index (χ0n) is 19.4. The van der Waals surface area contributed by atoms with E-state index in [0.29, 0.717) is 6.04 Å². The molecule has 1 atom stereocenters.